The average molecular weight is 248 g/mol. The van der Waals surface area contributed by atoms with E-state index in [1.807, 2.05) is 30.3 Å². The van der Waals surface area contributed by atoms with Crippen LogP contribution in [0.25, 0.3) is 0 Å². The van der Waals surface area contributed by atoms with Gasteiger partial charge < -0.3 is 4.74 Å². The summed E-state index contributed by atoms with van der Waals surface area (Å²) >= 11 is 0. The highest BCUT2D eigenvalue weighted by molar-refractivity contribution is 6.00. The molecule has 0 unspecified atom stereocenters. The van der Waals surface area contributed by atoms with E-state index < -0.39 is 5.92 Å². The van der Waals surface area contributed by atoms with Gasteiger partial charge in [0.05, 0.1) is 12.5 Å². The summed E-state index contributed by atoms with van der Waals surface area (Å²) in [5.41, 5.74) is 0. The van der Waals surface area contributed by atoms with Crippen molar-refractivity contribution in [3.8, 4) is 5.75 Å². The van der Waals surface area contributed by atoms with Crippen molar-refractivity contribution in [2.45, 2.75) is 33.1 Å². The molecule has 1 aromatic carbocycles. The van der Waals surface area contributed by atoms with Crippen molar-refractivity contribution in [2.75, 3.05) is 6.61 Å². The highest BCUT2D eigenvalue weighted by Gasteiger charge is 2.18. The molecule has 0 N–H and O–H groups in total. The maximum absolute atomic E-state index is 11.2. The van der Waals surface area contributed by atoms with Crippen LogP contribution >= 0.6 is 0 Å². The second-order valence-corrected chi connectivity index (χ2v) is 4.43. The Labute approximate surface area is 108 Å². The fourth-order valence-electron chi connectivity index (χ4n) is 1.85. The molecule has 0 aromatic heterocycles. The Morgan fingerprint density at radius 2 is 1.67 bits per heavy atom. The van der Waals surface area contributed by atoms with Crippen LogP contribution < -0.4 is 4.74 Å². The third-order valence-corrected chi connectivity index (χ3v) is 2.88. The second kappa shape index (κ2) is 7.64. The molecule has 0 heterocycles. The standard InChI is InChI=1S/C15H20O3/c1-12(16)15(13(2)17)10-6-7-11-18-14-8-4-3-5-9-14/h3-5,8-9,15H,6-7,10-11H2,1-2H3. The Morgan fingerprint density at radius 3 is 2.22 bits per heavy atom. The zero-order chi connectivity index (χ0) is 13.4. The summed E-state index contributed by atoms with van der Waals surface area (Å²) in [5.74, 6) is 0.354. The summed E-state index contributed by atoms with van der Waals surface area (Å²) in [4.78, 5) is 22.4. The van der Waals surface area contributed by atoms with Crippen molar-refractivity contribution in [2.24, 2.45) is 5.92 Å². The maximum atomic E-state index is 11.2. The van der Waals surface area contributed by atoms with Gasteiger partial charge in [0.1, 0.15) is 17.3 Å². The third-order valence-electron chi connectivity index (χ3n) is 2.88. The number of hydrogen-bond donors (Lipinski definition) is 0. The molecule has 0 atom stereocenters. The molecule has 0 saturated carbocycles. The van der Waals surface area contributed by atoms with Crippen LogP contribution in [-0.4, -0.2) is 18.2 Å². The number of rotatable bonds is 8. The lowest BCUT2D eigenvalue weighted by Gasteiger charge is -2.10. The van der Waals surface area contributed by atoms with Gasteiger partial charge in [-0.1, -0.05) is 18.2 Å². The number of para-hydroxylation sites is 1. The number of hydrogen-bond acceptors (Lipinski definition) is 3. The van der Waals surface area contributed by atoms with Crippen molar-refractivity contribution < 1.29 is 14.3 Å². The Balaban J connectivity index is 2.19. The number of carbonyl (C=O) groups is 2. The average Bonchev–Trinajstić information content (AvgIpc) is 2.34. The van der Waals surface area contributed by atoms with Crippen LogP contribution in [0.4, 0.5) is 0 Å². The lowest BCUT2D eigenvalue weighted by atomic mass is 9.94. The molecule has 0 amide bonds. The number of Topliss-reactive ketones (excluding diaryl/α,β-unsaturated/α-hetero) is 2. The van der Waals surface area contributed by atoms with Gasteiger partial charge >= 0.3 is 0 Å². The Bertz CT molecular complexity index is 370. The minimum Gasteiger partial charge on any atom is -0.494 e. The molecule has 0 saturated heterocycles. The first-order valence-corrected chi connectivity index (χ1v) is 6.30. The van der Waals surface area contributed by atoms with Gasteiger partial charge in [0, 0.05) is 0 Å². The molecule has 3 heteroatoms. The van der Waals surface area contributed by atoms with E-state index >= 15 is 0 Å². The van der Waals surface area contributed by atoms with Crippen LogP contribution in [-0.2, 0) is 9.59 Å². The van der Waals surface area contributed by atoms with Gasteiger partial charge in [0.15, 0.2) is 0 Å². The molecular formula is C15H20O3. The minimum absolute atomic E-state index is 0.0357. The minimum atomic E-state index is -0.429. The van der Waals surface area contributed by atoms with Gasteiger partial charge in [-0.2, -0.15) is 0 Å². The second-order valence-electron chi connectivity index (χ2n) is 4.43. The molecule has 1 aromatic rings. The summed E-state index contributed by atoms with van der Waals surface area (Å²) in [5, 5.41) is 0. The van der Waals surface area contributed by atoms with E-state index in [2.05, 4.69) is 0 Å². The number of unbranched alkanes of at least 4 members (excludes halogenated alkanes) is 1. The molecule has 98 valence electrons. The molecule has 3 nitrogen and oxygen atoms in total. The molecule has 0 radical (unpaired) electrons. The van der Waals surface area contributed by atoms with Crippen LogP contribution in [0.5, 0.6) is 5.75 Å². The highest BCUT2D eigenvalue weighted by Crippen LogP contribution is 2.13. The lowest BCUT2D eigenvalue weighted by Crippen LogP contribution is -2.19. The van der Waals surface area contributed by atoms with Crippen LogP contribution in [0.15, 0.2) is 30.3 Å². The molecule has 18 heavy (non-hydrogen) atoms. The van der Waals surface area contributed by atoms with E-state index in [0.29, 0.717) is 13.0 Å². The lowest BCUT2D eigenvalue weighted by molar-refractivity contribution is -0.130. The predicted molar refractivity (Wildman–Crippen MR) is 70.6 cm³/mol. The van der Waals surface area contributed by atoms with Crippen LogP contribution in [0.1, 0.15) is 33.1 Å². The van der Waals surface area contributed by atoms with E-state index in [0.717, 1.165) is 18.6 Å². The van der Waals surface area contributed by atoms with Crippen LogP contribution in [0.2, 0.25) is 0 Å². The first kappa shape index (κ1) is 14.4. The van der Waals surface area contributed by atoms with Gasteiger partial charge in [-0.05, 0) is 45.2 Å². The number of ether oxygens (including phenoxy) is 1. The monoisotopic (exact) mass is 248 g/mol. The van der Waals surface area contributed by atoms with E-state index in [1.165, 1.54) is 13.8 Å². The van der Waals surface area contributed by atoms with Crippen LogP contribution in [0, 0.1) is 5.92 Å². The highest BCUT2D eigenvalue weighted by atomic mass is 16.5. The summed E-state index contributed by atoms with van der Waals surface area (Å²) in [7, 11) is 0. The van der Waals surface area contributed by atoms with Crippen molar-refractivity contribution in [1.82, 2.24) is 0 Å². The zero-order valence-corrected chi connectivity index (χ0v) is 11.0. The Morgan fingerprint density at radius 1 is 1.06 bits per heavy atom. The van der Waals surface area contributed by atoms with Crippen molar-refractivity contribution in [3.63, 3.8) is 0 Å². The van der Waals surface area contributed by atoms with Gasteiger partial charge in [-0.15, -0.1) is 0 Å². The molecular weight excluding hydrogens is 228 g/mol. The maximum Gasteiger partial charge on any atom is 0.140 e. The Kier molecular flexibility index (Phi) is 6.12. The summed E-state index contributed by atoms with van der Waals surface area (Å²) in [6, 6.07) is 9.62. The number of benzene rings is 1. The van der Waals surface area contributed by atoms with E-state index in [-0.39, 0.29) is 11.6 Å². The summed E-state index contributed by atoms with van der Waals surface area (Å²) in [6.07, 6.45) is 2.31. The topological polar surface area (TPSA) is 43.4 Å². The van der Waals surface area contributed by atoms with E-state index in [1.54, 1.807) is 0 Å². The van der Waals surface area contributed by atoms with Gasteiger partial charge in [0.25, 0.3) is 0 Å². The van der Waals surface area contributed by atoms with Crippen molar-refractivity contribution in [1.29, 1.82) is 0 Å². The molecule has 0 aliphatic rings. The van der Waals surface area contributed by atoms with Gasteiger partial charge in [-0.3, -0.25) is 9.59 Å². The van der Waals surface area contributed by atoms with Gasteiger partial charge in [0.2, 0.25) is 0 Å². The van der Waals surface area contributed by atoms with E-state index in [4.69, 9.17) is 4.74 Å². The number of ketones is 2. The summed E-state index contributed by atoms with van der Waals surface area (Å²) < 4.78 is 5.54. The first-order chi connectivity index (χ1) is 8.61. The number of carbonyl (C=O) groups excluding carboxylic acids is 2. The Hall–Kier alpha value is -1.64. The largest absolute Gasteiger partial charge is 0.494 e. The van der Waals surface area contributed by atoms with Crippen molar-refractivity contribution in [3.05, 3.63) is 30.3 Å². The summed E-state index contributed by atoms with van der Waals surface area (Å²) in [6.45, 7) is 3.58. The molecule has 0 spiro atoms. The van der Waals surface area contributed by atoms with E-state index in [9.17, 15) is 9.59 Å². The normalized spacial score (nSPS) is 10.4. The zero-order valence-electron chi connectivity index (χ0n) is 11.0. The first-order valence-electron chi connectivity index (χ1n) is 6.30. The van der Waals surface area contributed by atoms with Gasteiger partial charge in [-0.25, -0.2) is 0 Å². The third kappa shape index (κ3) is 5.13. The van der Waals surface area contributed by atoms with Crippen LogP contribution in [0.3, 0.4) is 0 Å². The molecule has 0 aliphatic heterocycles. The molecule has 0 fully saturated rings. The van der Waals surface area contributed by atoms with Crippen molar-refractivity contribution >= 4 is 11.6 Å². The SMILES string of the molecule is CC(=O)C(CCCCOc1ccccc1)C(C)=O. The molecule has 0 bridgehead atoms. The smallest absolute Gasteiger partial charge is 0.140 e. The predicted octanol–water partition coefficient (Wildman–Crippen LogP) is 3.03. The molecule has 0 aliphatic carbocycles. The quantitative estimate of drug-likeness (QED) is 0.524. The molecule has 1 rings (SSSR count). The fraction of sp³-hybridized carbons (Fsp3) is 0.467. The fourth-order valence-corrected chi connectivity index (χ4v) is 1.85.